The SMILES string of the molecule is O.O[Si](O)(O)O.[AlH3].[BaH2].[MgH2]. The third-order valence-electron chi connectivity index (χ3n) is 0. The maximum Gasteiger partial charge on any atom is 0.316 e. The van der Waals surface area contributed by atoms with Crippen molar-refractivity contribution in [2.24, 2.45) is 0 Å². The van der Waals surface area contributed by atoms with E-state index in [1.165, 1.54) is 0 Å². The minimum absolute atomic E-state index is 0. The molecule has 0 radical (unpaired) electrons. The maximum absolute atomic E-state index is 7.33. The Morgan fingerprint density at radius 1 is 0.889 bits per heavy atom. The molecule has 0 fully saturated rings. The summed E-state index contributed by atoms with van der Waals surface area (Å²) in [5.74, 6) is 0. The summed E-state index contributed by atoms with van der Waals surface area (Å²) < 4.78 is 0. The van der Waals surface area contributed by atoms with E-state index in [2.05, 4.69) is 0 Å². The van der Waals surface area contributed by atoms with Crippen molar-refractivity contribution in [3.63, 3.8) is 0 Å². The van der Waals surface area contributed by atoms with Gasteiger partial charge in [0.15, 0.2) is 17.4 Å². The van der Waals surface area contributed by atoms with Crippen molar-refractivity contribution in [3.05, 3.63) is 0 Å². The molecule has 0 aromatic rings. The van der Waals surface area contributed by atoms with Crippen molar-refractivity contribution in [1.82, 2.24) is 0 Å². The first-order valence-corrected chi connectivity index (χ1v) is 2.68. The van der Waals surface area contributed by atoms with E-state index < -0.39 is 9.05 Å². The average molecular weight is 310 g/mol. The maximum atomic E-state index is 7.33. The van der Waals surface area contributed by atoms with Crippen LogP contribution in [0, 0.1) is 0 Å². The molecule has 9 heteroatoms. The van der Waals surface area contributed by atoms with Gasteiger partial charge in [-0.25, -0.2) is 0 Å². The largest absolute Gasteiger partial charge is 0.316 e. The van der Waals surface area contributed by atoms with Crippen LogP contribution < -0.4 is 0 Å². The Balaban J connectivity index is -0.0000000133. The van der Waals surface area contributed by atoms with Crippen LogP contribution in [-0.2, 0) is 0 Å². The van der Waals surface area contributed by atoms with Gasteiger partial charge < -0.3 is 24.7 Å². The van der Waals surface area contributed by atoms with E-state index in [4.69, 9.17) is 19.2 Å². The molecule has 0 bridgehead atoms. The van der Waals surface area contributed by atoms with Crippen molar-refractivity contribution in [1.29, 1.82) is 0 Å². The zero-order valence-electron chi connectivity index (χ0n) is 2.79. The van der Waals surface area contributed by atoms with Gasteiger partial charge in [-0.05, 0) is 0 Å². The Morgan fingerprint density at radius 2 is 0.889 bits per heavy atom. The fraction of sp³-hybridized carbons (Fsp3) is 0. The van der Waals surface area contributed by atoms with E-state index in [9.17, 15) is 0 Å². The topological polar surface area (TPSA) is 112 Å². The molecule has 5 nitrogen and oxygen atoms in total. The Bertz CT molecular complexity index is 32.4. The molecule has 0 aliphatic rings. The molecular weight excluding hydrogens is 297 g/mol. The molecule has 0 spiro atoms. The van der Waals surface area contributed by atoms with E-state index in [0.29, 0.717) is 0 Å². The Morgan fingerprint density at radius 3 is 0.889 bits per heavy atom. The molecule has 0 aromatic heterocycles. The van der Waals surface area contributed by atoms with Gasteiger partial charge in [-0.15, -0.1) is 0 Å². The summed E-state index contributed by atoms with van der Waals surface area (Å²) in [5, 5.41) is 0. The van der Waals surface area contributed by atoms with Gasteiger partial charge in [0, 0.05) is 0 Å². The van der Waals surface area contributed by atoms with Crippen LogP contribution >= 0.6 is 0 Å². The van der Waals surface area contributed by atoms with Crippen LogP contribution in [0.3, 0.4) is 0 Å². The zero-order chi connectivity index (χ0) is 4.50. The fourth-order valence-electron chi connectivity index (χ4n) is 0. The van der Waals surface area contributed by atoms with Crippen LogP contribution in [0.2, 0.25) is 0 Å². The van der Waals surface area contributed by atoms with Crippen molar-refractivity contribution in [2.45, 2.75) is 0 Å². The Labute approximate surface area is 121 Å². The van der Waals surface area contributed by atoms with Crippen LogP contribution in [0.5, 0.6) is 0 Å². The van der Waals surface area contributed by atoms with E-state index in [0.717, 1.165) is 0 Å². The normalized spacial score (nSPS) is 6.67. The van der Waals surface area contributed by atoms with Crippen molar-refractivity contribution < 1.29 is 24.7 Å². The van der Waals surface area contributed by atoms with Crippen LogP contribution in [0.25, 0.3) is 0 Å². The van der Waals surface area contributed by atoms with Crippen LogP contribution in [0.15, 0.2) is 0 Å². The van der Waals surface area contributed by atoms with Gasteiger partial charge in [0.1, 0.15) is 0 Å². The van der Waals surface area contributed by atoms with Crippen LogP contribution in [-0.4, -0.2) is 123 Å². The predicted molar refractivity (Wildman–Crippen MR) is 45.3 cm³/mol. The molecule has 0 atom stereocenters. The quantitative estimate of drug-likeness (QED) is 0.333. The van der Waals surface area contributed by atoms with Gasteiger partial charge in [-0.1, -0.05) is 0 Å². The molecule has 0 aromatic carbocycles. The first-order chi connectivity index (χ1) is 2.00. The number of hydrogen-bond donors (Lipinski definition) is 4. The number of rotatable bonds is 0. The zero-order valence-corrected chi connectivity index (χ0v) is 3.79. The monoisotopic (exact) mass is 310 g/mol. The van der Waals surface area contributed by atoms with Gasteiger partial charge in [0.05, 0.1) is 0 Å². The third-order valence-corrected chi connectivity index (χ3v) is 0. The van der Waals surface area contributed by atoms with E-state index in [-0.39, 0.29) is 94.8 Å². The molecule has 54 valence electrons. The minimum atomic E-state index is -4.61. The molecule has 0 aliphatic heterocycles. The van der Waals surface area contributed by atoms with E-state index >= 15 is 0 Å². The molecule has 0 heterocycles. The van der Waals surface area contributed by atoms with Crippen LogP contribution in [0.4, 0.5) is 0 Å². The van der Waals surface area contributed by atoms with Crippen LogP contribution in [0.1, 0.15) is 0 Å². The average Bonchev–Trinajstić information content (AvgIpc) is 0.722. The second-order valence-corrected chi connectivity index (χ2v) is 1.80. The van der Waals surface area contributed by atoms with Gasteiger partial charge in [0.25, 0.3) is 0 Å². The van der Waals surface area contributed by atoms with E-state index in [1.54, 1.807) is 0 Å². The summed E-state index contributed by atoms with van der Waals surface area (Å²) >= 11 is 0. The molecular formula is H13AlBaMgO5Si. The smallest absolute Gasteiger partial charge is 0.316 e. The van der Waals surface area contributed by atoms with Crippen molar-refractivity contribution >= 4 is 98.3 Å². The summed E-state index contributed by atoms with van der Waals surface area (Å²) in [5.41, 5.74) is 0. The first-order valence-electron chi connectivity index (χ1n) is 0.894. The molecule has 9 heavy (non-hydrogen) atoms. The summed E-state index contributed by atoms with van der Waals surface area (Å²) in [7, 11) is -4.61. The van der Waals surface area contributed by atoms with Gasteiger partial charge in [-0.3, -0.25) is 0 Å². The Hall–Kier alpha value is 2.89. The predicted octanol–water partition coefficient (Wildman–Crippen LogP) is -6.45. The van der Waals surface area contributed by atoms with E-state index in [1.807, 2.05) is 0 Å². The fourth-order valence-corrected chi connectivity index (χ4v) is 0. The van der Waals surface area contributed by atoms with Gasteiger partial charge in [-0.2, -0.15) is 0 Å². The minimum Gasteiger partial charge on any atom is 0.316 e. The van der Waals surface area contributed by atoms with Crippen molar-refractivity contribution in [3.8, 4) is 0 Å². The molecule has 0 rings (SSSR count). The van der Waals surface area contributed by atoms with Gasteiger partial charge in [0.2, 0.25) is 0 Å². The second-order valence-electron chi connectivity index (χ2n) is 0.600. The molecule has 0 unspecified atom stereocenters. The molecule has 0 saturated carbocycles. The molecule has 0 saturated heterocycles. The molecule has 0 amide bonds. The standard InChI is InChI=1S/Al.Ba.Mg.H4O4Si.H2O.7H/c;;;1-5(2,3)4;;;;;;;;/h;;;1-4H;1H2;;;;;;;. The number of hydrogen-bond acceptors (Lipinski definition) is 4. The summed E-state index contributed by atoms with van der Waals surface area (Å²) in [6.45, 7) is 0. The van der Waals surface area contributed by atoms with Crippen molar-refractivity contribution in [2.75, 3.05) is 0 Å². The first kappa shape index (κ1) is 29.7. The Kier molecular flexibility index (Phi) is 44.5. The molecule has 0 aliphatic carbocycles. The summed E-state index contributed by atoms with van der Waals surface area (Å²) in [6, 6.07) is 0. The van der Waals surface area contributed by atoms with Gasteiger partial charge >= 0.3 is 81.0 Å². The summed E-state index contributed by atoms with van der Waals surface area (Å²) in [6.07, 6.45) is 0. The second kappa shape index (κ2) is 13.5. The summed E-state index contributed by atoms with van der Waals surface area (Å²) in [4.78, 5) is 29.3. The molecule has 6 N–H and O–H groups in total. The third kappa shape index (κ3) is 103.